The topological polar surface area (TPSA) is 141 Å². The zero-order chi connectivity index (χ0) is 30.5. The average Bonchev–Trinajstić information content (AvgIpc) is 3.55. The van der Waals surface area contributed by atoms with E-state index in [9.17, 15) is 37.3 Å². The van der Waals surface area contributed by atoms with E-state index in [-0.39, 0.29) is 33.6 Å². The Kier molecular flexibility index (Phi) is 8.12. The van der Waals surface area contributed by atoms with Crippen LogP contribution in [0.2, 0.25) is 10.0 Å². The minimum absolute atomic E-state index is 0.0197. The van der Waals surface area contributed by atoms with Crippen LogP contribution in [0.3, 0.4) is 0 Å². The number of rotatable bonds is 6. The number of aliphatic hydroxyl groups excluding tert-OH is 3. The standard InChI is InChI=1S/C24H19Cl2F5N6O5/c1-9-32-23(37(34-9)14-6-10(25)2-5-15(14)42-24(29,30)31)22-21(40)19(20(39)16(8-38)41-22)36-7-13(33-35-36)11-3-4-12(26)18(28)17(11)27/h2-7,16,19-22,38-40H,8H2,1H3/t16-,19+,20+,21-,22-/m1/s1. The summed E-state index contributed by atoms with van der Waals surface area (Å²) in [4.78, 5) is 4.21. The second-order valence-corrected chi connectivity index (χ2v) is 9.99. The molecule has 3 heterocycles. The van der Waals surface area contributed by atoms with Crippen molar-refractivity contribution in [3.8, 4) is 22.7 Å². The van der Waals surface area contributed by atoms with Crippen molar-refractivity contribution < 1.29 is 46.7 Å². The molecule has 5 rings (SSSR count). The second-order valence-electron chi connectivity index (χ2n) is 9.15. The van der Waals surface area contributed by atoms with Crippen LogP contribution in [-0.4, -0.2) is 76.4 Å². The van der Waals surface area contributed by atoms with E-state index < -0.39 is 65.8 Å². The van der Waals surface area contributed by atoms with E-state index in [4.69, 9.17) is 27.9 Å². The van der Waals surface area contributed by atoms with E-state index in [0.29, 0.717) is 0 Å². The number of benzene rings is 2. The van der Waals surface area contributed by atoms with Crippen LogP contribution in [-0.2, 0) is 4.74 Å². The first-order chi connectivity index (χ1) is 19.8. The van der Waals surface area contributed by atoms with Crippen molar-refractivity contribution in [2.45, 2.75) is 43.7 Å². The molecular formula is C24H19Cl2F5N6O5. The van der Waals surface area contributed by atoms with Gasteiger partial charge in [-0.3, -0.25) is 0 Å². The summed E-state index contributed by atoms with van der Waals surface area (Å²) in [6, 6.07) is 4.07. The molecule has 3 N–H and O–H groups in total. The Bertz CT molecular complexity index is 1620. The summed E-state index contributed by atoms with van der Waals surface area (Å²) in [5.74, 6) is -3.52. The molecule has 1 aliphatic heterocycles. The third-order valence-corrected chi connectivity index (χ3v) is 6.91. The summed E-state index contributed by atoms with van der Waals surface area (Å²) in [5.41, 5.74) is -0.807. The first-order valence-electron chi connectivity index (χ1n) is 12.0. The molecule has 0 saturated carbocycles. The highest BCUT2D eigenvalue weighted by Crippen LogP contribution is 2.40. The molecule has 42 heavy (non-hydrogen) atoms. The number of aromatic nitrogens is 6. The van der Waals surface area contributed by atoms with Crippen LogP contribution in [0.1, 0.15) is 23.8 Å². The Balaban J connectivity index is 1.57. The predicted molar refractivity (Wildman–Crippen MR) is 134 cm³/mol. The van der Waals surface area contributed by atoms with Gasteiger partial charge in [0.1, 0.15) is 47.7 Å². The summed E-state index contributed by atoms with van der Waals surface area (Å²) in [6.07, 6.45) is -10.3. The Morgan fingerprint density at radius 2 is 1.81 bits per heavy atom. The summed E-state index contributed by atoms with van der Waals surface area (Å²) in [5, 5.41) is 43.6. The molecule has 1 fully saturated rings. The highest BCUT2D eigenvalue weighted by atomic mass is 35.5. The van der Waals surface area contributed by atoms with Gasteiger partial charge in [-0.2, -0.15) is 5.10 Å². The van der Waals surface area contributed by atoms with Crippen LogP contribution in [0, 0.1) is 18.6 Å². The third kappa shape index (κ3) is 5.65. The second kappa shape index (κ2) is 11.3. The Hall–Kier alpha value is -3.41. The maximum Gasteiger partial charge on any atom is 0.573 e. The first-order valence-corrected chi connectivity index (χ1v) is 12.7. The van der Waals surface area contributed by atoms with Gasteiger partial charge in [0, 0.05) is 10.6 Å². The van der Waals surface area contributed by atoms with Gasteiger partial charge in [0.2, 0.25) is 0 Å². The highest BCUT2D eigenvalue weighted by molar-refractivity contribution is 6.31. The van der Waals surface area contributed by atoms with Crippen LogP contribution in [0.15, 0.2) is 36.5 Å². The summed E-state index contributed by atoms with van der Waals surface area (Å²) < 4.78 is 79.7. The van der Waals surface area contributed by atoms with Gasteiger partial charge >= 0.3 is 6.36 Å². The molecule has 11 nitrogen and oxygen atoms in total. The third-order valence-electron chi connectivity index (χ3n) is 6.39. The van der Waals surface area contributed by atoms with E-state index in [0.717, 1.165) is 45.9 Å². The van der Waals surface area contributed by atoms with Crippen molar-refractivity contribution >= 4 is 23.2 Å². The molecular weight excluding hydrogens is 618 g/mol. The quantitative estimate of drug-likeness (QED) is 0.213. The van der Waals surface area contributed by atoms with Gasteiger partial charge in [-0.1, -0.05) is 28.4 Å². The molecule has 0 bridgehead atoms. The fourth-order valence-corrected chi connectivity index (χ4v) is 4.87. The van der Waals surface area contributed by atoms with Crippen molar-refractivity contribution in [3.05, 3.63) is 69.9 Å². The van der Waals surface area contributed by atoms with E-state index in [1.165, 1.54) is 6.92 Å². The number of alkyl halides is 3. The Morgan fingerprint density at radius 3 is 2.50 bits per heavy atom. The highest BCUT2D eigenvalue weighted by Gasteiger charge is 2.48. The molecule has 1 aliphatic rings. The monoisotopic (exact) mass is 636 g/mol. The van der Waals surface area contributed by atoms with Crippen LogP contribution in [0.25, 0.3) is 16.9 Å². The average molecular weight is 637 g/mol. The predicted octanol–water partition coefficient (Wildman–Crippen LogP) is 3.71. The van der Waals surface area contributed by atoms with E-state index in [1.54, 1.807) is 0 Å². The SMILES string of the molecule is Cc1nc([C@@H]2O[C@H](CO)[C@H](O)[C@H](n3cc(-c4ccc(Cl)c(F)c4F)nn3)[C@H]2O)n(-c2cc(Cl)ccc2OC(F)(F)F)n1. The Labute approximate surface area is 242 Å². The number of aryl methyl sites for hydroxylation is 1. The summed E-state index contributed by atoms with van der Waals surface area (Å²) >= 11 is 11.7. The van der Waals surface area contributed by atoms with Crippen molar-refractivity contribution in [1.82, 2.24) is 29.8 Å². The smallest absolute Gasteiger partial charge is 0.403 e. The maximum atomic E-state index is 14.5. The number of ether oxygens (including phenoxy) is 2. The lowest BCUT2D eigenvalue weighted by molar-refractivity contribution is -0.274. The van der Waals surface area contributed by atoms with E-state index >= 15 is 0 Å². The zero-order valence-corrected chi connectivity index (χ0v) is 22.6. The van der Waals surface area contributed by atoms with Crippen molar-refractivity contribution in [1.29, 1.82) is 0 Å². The van der Waals surface area contributed by atoms with Gasteiger partial charge in [-0.25, -0.2) is 23.1 Å². The lowest BCUT2D eigenvalue weighted by Crippen LogP contribution is -2.53. The summed E-state index contributed by atoms with van der Waals surface area (Å²) in [7, 11) is 0. The zero-order valence-electron chi connectivity index (χ0n) is 21.0. The lowest BCUT2D eigenvalue weighted by Gasteiger charge is -2.41. The Morgan fingerprint density at radius 1 is 1.07 bits per heavy atom. The molecule has 5 atom stereocenters. The molecule has 0 unspecified atom stereocenters. The molecule has 0 amide bonds. The van der Waals surface area contributed by atoms with Gasteiger partial charge in [-0.05, 0) is 37.3 Å². The number of aliphatic hydroxyl groups is 3. The van der Waals surface area contributed by atoms with Crippen LogP contribution >= 0.6 is 23.2 Å². The van der Waals surface area contributed by atoms with Crippen LogP contribution in [0.4, 0.5) is 22.0 Å². The normalized spacial score (nSPS) is 22.9. The number of nitrogens with zero attached hydrogens (tertiary/aromatic N) is 6. The van der Waals surface area contributed by atoms with Gasteiger partial charge in [0.25, 0.3) is 0 Å². The van der Waals surface area contributed by atoms with Gasteiger partial charge in [0.05, 0.1) is 17.8 Å². The van der Waals surface area contributed by atoms with Crippen LogP contribution < -0.4 is 4.74 Å². The molecule has 0 radical (unpaired) electrons. The fraction of sp³-hybridized carbons (Fsp3) is 0.333. The number of halogens is 7. The molecule has 0 spiro atoms. The molecule has 224 valence electrons. The van der Waals surface area contributed by atoms with Gasteiger partial charge < -0.3 is 24.8 Å². The van der Waals surface area contributed by atoms with Crippen molar-refractivity contribution in [2.75, 3.05) is 6.61 Å². The number of hydrogen-bond donors (Lipinski definition) is 3. The molecule has 2 aromatic carbocycles. The van der Waals surface area contributed by atoms with Crippen molar-refractivity contribution in [3.63, 3.8) is 0 Å². The molecule has 2 aromatic heterocycles. The summed E-state index contributed by atoms with van der Waals surface area (Å²) in [6.45, 7) is 0.648. The molecule has 1 saturated heterocycles. The molecule has 0 aliphatic carbocycles. The van der Waals surface area contributed by atoms with Crippen LogP contribution in [0.5, 0.6) is 5.75 Å². The minimum atomic E-state index is -5.08. The van der Waals surface area contributed by atoms with E-state index in [1.807, 2.05) is 0 Å². The van der Waals surface area contributed by atoms with Gasteiger partial charge in [0.15, 0.2) is 23.2 Å². The molecule has 4 aromatic rings. The maximum absolute atomic E-state index is 14.5. The van der Waals surface area contributed by atoms with E-state index in [2.05, 4.69) is 25.1 Å². The largest absolute Gasteiger partial charge is 0.573 e. The van der Waals surface area contributed by atoms with Gasteiger partial charge in [-0.15, -0.1) is 18.3 Å². The minimum Gasteiger partial charge on any atom is -0.403 e. The fourth-order valence-electron chi connectivity index (χ4n) is 4.56. The number of hydrogen-bond acceptors (Lipinski definition) is 9. The first kappa shape index (κ1) is 30.1. The van der Waals surface area contributed by atoms with Crippen molar-refractivity contribution in [2.24, 2.45) is 0 Å². The molecule has 18 heteroatoms. The lowest BCUT2D eigenvalue weighted by atomic mass is 9.92.